The molecule has 0 radical (unpaired) electrons. The number of rotatable bonds is 2. The Morgan fingerprint density at radius 3 is 2.44 bits per heavy atom. The molecule has 0 fully saturated rings. The molecule has 0 amide bonds. The fourth-order valence-corrected chi connectivity index (χ4v) is 4.34. The first-order valence-corrected chi connectivity index (χ1v) is 10.2. The largest absolute Gasteiger partial charge is 0.362 e. The summed E-state index contributed by atoms with van der Waals surface area (Å²) in [6, 6.07) is 8.56. The molecular weight excluding hydrogens is 328 g/mol. The Hall–Kier alpha value is -2.22. The molecule has 3 aromatic rings. The number of aromatic amines is 1. The second-order valence-corrected chi connectivity index (χ2v) is 8.55. The van der Waals surface area contributed by atoms with Crippen LogP contribution in [-0.2, 0) is 7.05 Å². The van der Waals surface area contributed by atoms with E-state index in [1.807, 2.05) is 0 Å². The van der Waals surface area contributed by atoms with Gasteiger partial charge in [-0.3, -0.25) is 0 Å². The van der Waals surface area contributed by atoms with Gasteiger partial charge in [-0.05, 0) is 47.9 Å². The van der Waals surface area contributed by atoms with Crippen molar-refractivity contribution in [3.8, 4) is 0 Å². The van der Waals surface area contributed by atoms with Crippen LogP contribution in [0, 0.1) is 6.92 Å². The highest BCUT2D eigenvalue weighted by molar-refractivity contribution is 5.84. The van der Waals surface area contributed by atoms with E-state index >= 15 is 0 Å². The van der Waals surface area contributed by atoms with Gasteiger partial charge in [-0.15, -0.1) is 0 Å². The number of hydrogen-bond acceptors (Lipinski definition) is 0. The lowest BCUT2D eigenvalue weighted by Gasteiger charge is -2.15. The van der Waals surface area contributed by atoms with Gasteiger partial charge in [-0.25, -0.2) is 0 Å². The van der Waals surface area contributed by atoms with Crippen LogP contribution >= 0.6 is 0 Å². The molecule has 2 aromatic heterocycles. The summed E-state index contributed by atoms with van der Waals surface area (Å²) in [6.45, 7) is 13.5. The summed E-state index contributed by atoms with van der Waals surface area (Å²) in [5.41, 5.74) is 8.51. The Labute approximate surface area is 164 Å². The van der Waals surface area contributed by atoms with Gasteiger partial charge in [0.15, 0.2) is 0 Å². The highest BCUT2D eigenvalue weighted by Crippen LogP contribution is 2.35. The minimum atomic E-state index is 0.603. The van der Waals surface area contributed by atoms with E-state index in [2.05, 4.69) is 101 Å². The maximum atomic E-state index is 3.54. The number of allylic oxidation sites excluding steroid dienone is 1. The summed E-state index contributed by atoms with van der Waals surface area (Å²) >= 11 is 0. The van der Waals surface area contributed by atoms with Gasteiger partial charge in [0.25, 0.3) is 0 Å². The Morgan fingerprint density at radius 1 is 1.07 bits per heavy atom. The zero-order valence-corrected chi connectivity index (χ0v) is 17.9. The van der Waals surface area contributed by atoms with Gasteiger partial charge in [0.1, 0.15) is 0 Å². The van der Waals surface area contributed by atoms with Crippen molar-refractivity contribution in [2.75, 3.05) is 0 Å². The number of fused-ring (bicyclic) bond motifs is 2. The van der Waals surface area contributed by atoms with Crippen LogP contribution in [0.25, 0.3) is 17.0 Å². The molecule has 0 bridgehead atoms. The summed E-state index contributed by atoms with van der Waals surface area (Å²) in [5, 5.41) is 1.39. The maximum absolute atomic E-state index is 3.54. The van der Waals surface area contributed by atoms with E-state index in [9.17, 15) is 0 Å². The molecular formula is C25H34N2. The van der Waals surface area contributed by atoms with Gasteiger partial charge < -0.3 is 9.55 Å². The Balaban J connectivity index is 0.000000156. The first-order chi connectivity index (χ1) is 12.8. The first kappa shape index (κ1) is 19.5. The average Bonchev–Trinajstić information content (AvgIpc) is 3.14. The molecule has 1 N–H and O–H groups in total. The van der Waals surface area contributed by atoms with Crippen LogP contribution in [0.2, 0.25) is 0 Å². The lowest BCUT2D eigenvalue weighted by atomic mass is 9.89. The van der Waals surface area contributed by atoms with Crippen LogP contribution in [0.3, 0.4) is 0 Å². The van der Waals surface area contributed by atoms with Crippen molar-refractivity contribution < 1.29 is 0 Å². The van der Waals surface area contributed by atoms with E-state index in [0.717, 1.165) is 0 Å². The van der Waals surface area contributed by atoms with Crippen molar-refractivity contribution in [1.29, 1.82) is 0 Å². The van der Waals surface area contributed by atoms with Crippen molar-refractivity contribution in [1.82, 2.24) is 9.55 Å². The fourth-order valence-electron chi connectivity index (χ4n) is 4.34. The number of H-pyrrole nitrogens is 1. The number of benzene rings is 1. The monoisotopic (exact) mass is 362 g/mol. The van der Waals surface area contributed by atoms with Gasteiger partial charge in [0.2, 0.25) is 0 Å². The lowest BCUT2D eigenvalue weighted by Crippen LogP contribution is -1.99. The Kier molecular flexibility index (Phi) is 5.64. The Bertz CT molecular complexity index is 950. The molecule has 2 heteroatoms. The SMILES string of the molecule is CC(C)c1cn(C)c2ccccc12.Cc1[nH]c2c(c1C(C)C)C=CCC2C. The standard InChI is InChI=1S/C13H19N.C12H15N/c1-8(2)12-10(4)14-13-9(3)6-5-7-11(12)13;1-9(2)11-8-13(3)12-7-5-4-6-10(11)12/h5,7-9,14H,6H2,1-4H3;4-9H,1-3H3. The number of aromatic nitrogens is 2. The third-order valence-corrected chi connectivity index (χ3v) is 5.70. The molecule has 2 nitrogen and oxygen atoms in total. The summed E-state index contributed by atoms with van der Waals surface area (Å²) in [6.07, 6.45) is 7.99. The van der Waals surface area contributed by atoms with E-state index in [1.54, 1.807) is 0 Å². The van der Waals surface area contributed by atoms with E-state index in [-0.39, 0.29) is 0 Å². The highest BCUT2D eigenvalue weighted by atomic mass is 14.9. The molecule has 1 unspecified atom stereocenters. The van der Waals surface area contributed by atoms with Gasteiger partial charge in [-0.2, -0.15) is 0 Å². The van der Waals surface area contributed by atoms with Crippen molar-refractivity contribution >= 4 is 17.0 Å². The van der Waals surface area contributed by atoms with Gasteiger partial charge in [-0.1, -0.05) is 65.0 Å². The molecule has 1 aliphatic rings. The molecule has 4 rings (SSSR count). The molecule has 144 valence electrons. The van der Waals surface area contributed by atoms with Crippen LogP contribution in [0.15, 0.2) is 36.5 Å². The smallest absolute Gasteiger partial charge is 0.0480 e. The van der Waals surface area contributed by atoms with Gasteiger partial charge in [0.05, 0.1) is 0 Å². The van der Waals surface area contributed by atoms with Crippen LogP contribution in [0.5, 0.6) is 0 Å². The van der Waals surface area contributed by atoms with Crippen molar-refractivity contribution in [2.24, 2.45) is 7.05 Å². The van der Waals surface area contributed by atoms with E-state index in [4.69, 9.17) is 0 Å². The topological polar surface area (TPSA) is 20.7 Å². The molecule has 1 atom stereocenters. The second-order valence-electron chi connectivity index (χ2n) is 8.55. The summed E-state index contributed by atoms with van der Waals surface area (Å²) in [4.78, 5) is 3.54. The quantitative estimate of drug-likeness (QED) is 0.495. The molecule has 1 aliphatic carbocycles. The number of nitrogens with zero attached hydrogens (tertiary/aromatic N) is 1. The Morgan fingerprint density at radius 2 is 1.78 bits per heavy atom. The van der Waals surface area contributed by atoms with Crippen molar-refractivity contribution in [3.05, 3.63) is 64.6 Å². The fraction of sp³-hybridized carbons (Fsp3) is 0.440. The summed E-state index contributed by atoms with van der Waals surface area (Å²) in [5.74, 6) is 1.87. The summed E-state index contributed by atoms with van der Waals surface area (Å²) < 4.78 is 2.20. The van der Waals surface area contributed by atoms with Crippen LogP contribution < -0.4 is 0 Å². The molecule has 27 heavy (non-hydrogen) atoms. The number of aryl methyl sites for hydroxylation is 2. The third-order valence-electron chi connectivity index (χ3n) is 5.70. The van der Waals surface area contributed by atoms with E-state index in [1.165, 1.54) is 45.4 Å². The maximum Gasteiger partial charge on any atom is 0.0480 e. The van der Waals surface area contributed by atoms with Crippen LogP contribution in [-0.4, -0.2) is 9.55 Å². The number of para-hydroxylation sites is 1. The second kappa shape index (κ2) is 7.80. The van der Waals surface area contributed by atoms with Crippen LogP contribution in [0.1, 0.15) is 86.9 Å². The van der Waals surface area contributed by atoms with Crippen molar-refractivity contribution in [3.63, 3.8) is 0 Å². The third kappa shape index (κ3) is 3.76. The molecule has 1 aromatic carbocycles. The normalized spacial score (nSPS) is 16.0. The zero-order chi connectivity index (χ0) is 19.7. The minimum Gasteiger partial charge on any atom is -0.362 e. The number of nitrogens with one attached hydrogen (secondary N) is 1. The average molecular weight is 363 g/mol. The first-order valence-electron chi connectivity index (χ1n) is 10.2. The molecule has 0 saturated carbocycles. The van der Waals surface area contributed by atoms with Crippen LogP contribution in [0.4, 0.5) is 0 Å². The highest BCUT2D eigenvalue weighted by Gasteiger charge is 2.21. The van der Waals surface area contributed by atoms with E-state index < -0.39 is 0 Å². The molecule has 0 spiro atoms. The predicted molar refractivity (Wildman–Crippen MR) is 119 cm³/mol. The van der Waals surface area contributed by atoms with Gasteiger partial charge >= 0.3 is 0 Å². The molecule has 0 saturated heterocycles. The minimum absolute atomic E-state index is 0.603. The van der Waals surface area contributed by atoms with E-state index in [0.29, 0.717) is 17.8 Å². The van der Waals surface area contributed by atoms with Gasteiger partial charge in [0, 0.05) is 41.5 Å². The zero-order valence-electron chi connectivity index (χ0n) is 17.9. The van der Waals surface area contributed by atoms with Crippen molar-refractivity contribution in [2.45, 2.75) is 65.7 Å². The molecule has 0 aliphatic heterocycles. The lowest BCUT2D eigenvalue weighted by molar-refractivity contribution is 0.745. The number of hydrogen-bond donors (Lipinski definition) is 1. The summed E-state index contributed by atoms with van der Waals surface area (Å²) in [7, 11) is 2.11. The predicted octanol–water partition coefficient (Wildman–Crippen LogP) is 7.27. The molecule has 2 heterocycles.